The summed E-state index contributed by atoms with van der Waals surface area (Å²) in [4.78, 5) is 36.6. The lowest BCUT2D eigenvalue weighted by Gasteiger charge is -2.31. The second-order valence-electron chi connectivity index (χ2n) is 5.02. The van der Waals surface area contributed by atoms with Crippen LogP contribution in [0.3, 0.4) is 0 Å². The summed E-state index contributed by atoms with van der Waals surface area (Å²) in [5.41, 5.74) is 1.20. The fraction of sp³-hybridized carbons (Fsp3) is 0.312. The van der Waals surface area contributed by atoms with Crippen LogP contribution in [0, 0.1) is 6.92 Å². The van der Waals surface area contributed by atoms with Gasteiger partial charge in [0.05, 0.1) is 32.0 Å². The van der Waals surface area contributed by atoms with Crippen LogP contribution in [0.15, 0.2) is 29.5 Å². The van der Waals surface area contributed by atoms with Crippen LogP contribution in [0.25, 0.3) is 0 Å². The molecule has 0 aliphatic carbocycles. The van der Waals surface area contributed by atoms with E-state index in [1.165, 1.54) is 31.3 Å². The van der Waals surface area contributed by atoms with Crippen LogP contribution in [-0.4, -0.2) is 50.6 Å². The van der Waals surface area contributed by atoms with Gasteiger partial charge in [-0.2, -0.15) is 0 Å². The van der Waals surface area contributed by atoms with E-state index >= 15 is 0 Å². The topological polar surface area (TPSA) is 102 Å². The molecule has 0 amide bonds. The van der Waals surface area contributed by atoms with Crippen molar-refractivity contribution in [3.63, 3.8) is 0 Å². The lowest BCUT2D eigenvalue weighted by atomic mass is 10.1. The Morgan fingerprint density at radius 3 is 2.38 bits per heavy atom. The van der Waals surface area contributed by atoms with Gasteiger partial charge in [-0.3, -0.25) is 0 Å². The van der Waals surface area contributed by atoms with Gasteiger partial charge in [0, 0.05) is 5.69 Å². The molecule has 0 fully saturated rings. The Labute approximate surface area is 138 Å². The first-order valence-electron chi connectivity index (χ1n) is 6.99. The number of esters is 2. The Hall–Kier alpha value is -2.87. The van der Waals surface area contributed by atoms with Gasteiger partial charge >= 0.3 is 17.9 Å². The third-order valence-corrected chi connectivity index (χ3v) is 3.59. The second-order valence-corrected chi connectivity index (χ2v) is 5.02. The molecule has 2 rings (SSSR count). The average Bonchev–Trinajstić information content (AvgIpc) is 2.59. The molecule has 128 valence electrons. The number of carbonyl (C=O) groups is 3. The number of carboxylic acids is 1. The molecule has 1 aliphatic heterocycles. The summed E-state index contributed by atoms with van der Waals surface area (Å²) in [7, 11) is 2.41. The van der Waals surface area contributed by atoms with E-state index in [1.54, 1.807) is 13.0 Å². The number of hydrogen-bond donors (Lipinski definition) is 1. The van der Waals surface area contributed by atoms with E-state index in [4.69, 9.17) is 14.6 Å². The fourth-order valence-electron chi connectivity index (χ4n) is 2.40. The Morgan fingerprint density at radius 1 is 1.17 bits per heavy atom. The van der Waals surface area contributed by atoms with Gasteiger partial charge in [0.1, 0.15) is 12.4 Å². The van der Waals surface area contributed by atoms with Crippen LogP contribution in [0.5, 0.6) is 0 Å². The molecule has 0 unspecified atom stereocenters. The van der Waals surface area contributed by atoms with Crippen molar-refractivity contribution in [3.05, 3.63) is 40.6 Å². The molecule has 8 nitrogen and oxygen atoms in total. The normalized spacial score (nSPS) is 14.4. The highest BCUT2D eigenvalue weighted by Crippen LogP contribution is 2.28. The second kappa shape index (κ2) is 7.14. The number of rotatable bonds is 4. The fourth-order valence-corrected chi connectivity index (χ4v) is 2.40. The van der Waals surface area contributed by atoms with Crippen molar-refractivity contribution in [2.75, 3.05) is 32.5 Å². The van der Waals surface area contributed by atoms with Crippen molar-refractivity contribution in [1.29, 1.82) is 0 Å². The van der Waals surface area contributed by atoms with E-state index < -0.39 is 17.9 Å². The first-order valence-corrected chi connectivity index (χ1v) is 6.99. The Kier molecular flexibility index (Phi) is 5.20. The van der Waals surface area contributed by atoms with Crippen LogP contribution in [0.2, 0.25) is 0 Å². The molecule has 1 heterocycles. The van der Waals surface area contributed by atoms with Crippen molar-refractivity contribution in [3.8, 4) is 0 Å². The molecule has 0 bridgehead atoms. The lowest BCUT2D eigenvalue weighted by Crippen LogP contribution is -2.38. The number of ether oxygens (including phenoxy) is 3. The molecule has 0 saturated heterocycles. The van der Waals surface area contributed by atoms with Crippen molar-refractivity contribution < 1.29 is 33.7 Å². The zero-order valence-electron chi connectivity index (χ0n) is 13.5. The first-order chi connectivity index (χ1) is 11.4. The van der Waals surface area contributed by atoms with Crippen molar-refractivity contribution in [2.45, 2.75) is 6.92 Å². The summed E-state index contributed by atoms with van der Waals surface area (Å²) < 4.78 is 14.8. The molecular weight excluding hydrogens is 318 g/mol. The molecule has 0 radical (unpaired) electrons. The molecule has 0 spiro atoms. The number of carboxylic acid groups (broad SMARTS) is 1. The van der Waals surface area contributed by atoms with Gasteiger partial charge < -0.3 is 24.2 Å². The maximum atomic E-state index is 12.2. The molecule has 0 saturated carbocycles. The number of methoxy groups -OCH3 is 2. The summed E-state index contributed by atoms with van der Waals surface area (Å²) >= 11 is 0. The van der Waals surface area contributed by atoms with Crippen molar-refractivity contribution in [1.82, 2.24) is 0 Å². The standard InChI is InChI=1S/C16H17NO7/c1-9-6-10(4-5-11(9)14(18)19)17-8-24-7-12(15(20)22-2)13(17)16(21)23-3/h4-6H,7-8H2,1-3H3,(H,18,19). The van der Waals surface area contributed by atoms with Gasteiger partial charge in [-0.25, -0.2) is 14.4 Å². The van der Waals surface area contributed by atoms with Gasteiger partial charge in [-0.1, -0.05) is 0 Å². The number of carbonyl (C=O) groups excluding carboxylic acids is 2. The van der Waals surface area contributed by atoms with Crippen LogP contribution >= 0.6 is 0 Å². The molecule has 0 aromatic heterocycles. The van der Waals surface area contributed by atoms with E-state index in [0.717, 1.165) is 0 Å². The Bertz CT molecular complexity index is 723. The summed E-state index contributed by atoms with van der Waals surface area (Å²) in [5.74, 6) is -2.45. The molecule has 8 heteroatoms. The van der Waals surface area contributed by atoms with E-state index in [1.807, 2.05) is 0 Å². The number of nitrogens with zero attached hydrogens (tertiary/aromatic N) is 1. The van der Waals surface area contributed by atoms with Crippen LogP contribution in [-0.2, 0) is 23.8 Å². The highest BCUT2D eigenvalue weighted by molar-refractivity contribution is 6.03. The molecule has 1 aromatic rings. The minimum Gasteiger partial charge on any atom is -0.478 e. The van der Waals surface area contributed by atoms with E-state index in [0.29, 0.717) is 11.3 Å². The highest BCUT2D eigenvalue weighted by atomic mass is 16.5. The van der Waals surface area contributed by atoms with Gasteiger partial charge in [-0.05, 0) is 30.7 Å². The third-order valence-electron chi connectivity index (χ3n) is 3.59. The van der Waals surface area contributed by atoms with Crippen LogP contribution in [0.1, 0.15) is 15.9 Å². The van der Waals surface area contributed by atoms with Crippen molar-refractivity contribution in [2.24, 2.45) is 0 Å². The first kappa shape index (κ1) is 17.5. The van der Waals surface area contributed by atoms with Gasteiger partial charge in [0.2, 0.25) is 0 Å². The lowest BCUT2D eigenvalue weighted by molar-refractivity contribution is -0.140. The monoisotopic (exact) mass is 335 g/mol. The number of benzene rings is 1. The van der Waals surface area contributed by atoms with Crippen LogP contribution in [0.4, 0.5) is 5.69 Å². The van der Waals surface area contributed by atoms with Crippen LogP contribution < -0.4 is 4.90 Å². The third kappa shape index (κ3) is 3.23. The summed E-state index contributed by atoms with van der Waals surface area (Å²) in [6.07, 6.45) is 0. The SMILES string of the molecule is COC(=O)C1=C(C(=O)OC)N(c2ccc(C(=O)O)c(C)c2)COC1. The van der Waals surface area contributed by atoms with E-state index in [2.05, 4.69) is 4.74 Å². The van der Waals surface area contributed by atoms with Crippen molar-refractivity contribution >= 4 is 23.6 Å². The zero-order chi connectivity index (χ0) is 17.9. The molecule has 1 N–H and O–H groups in total. The van der Waals surface area contributed by atoms with E-state index in [9.17, 15) is 14.4 Å². The number of hydrogen-bond acceptors (Lipinski definition) is 7. The molecule has 1 aliphatic rings. The zero-order valence-corrected chi connectivity index (χ0v) is 13.5. The quantitative estimate of drug-likeness (QED) is 0.816. The number of anilines is 1. The average molecular weight is 335 g/mol. The van der Waals surface area contributed by atoms with Gasteiger partial charge in [0.25, 0.3) is 0 Å². The smallest absolute Gasteiger partial charge is 0.355 e. The Balaban J connectivity index is 2.54. The maximum absolute atomic E-state index is 12.2. The summed E-state index contributed by atoms with van der Waals surface area (Å²) in [5, 5.41) is 9.11. The van der Waals surface area contributed by atoms with E-state index in [-0.39, 0.29) is 30.2 Å². The predicted molar refractivity (Wildman–Crippen MR) is 82.5 cm³/mol. The predicted octanol–water partition coefficient (Wildman–Crippen LogP) is 1.09. The molecular formula is C16H17NO7. The Morgan fingerprint density at radius 2 is 1.83 bits per heavy atom. The minimum atomic E-state index is -1.05. The molecule has 24 heavy (non-hydrogen) atoms. The maximum Gasteiger partial charge on any atom is 0.355 e. The minimum absolute atomic E-state index is 0.0107. The highest BCUT2D eigenvalue weighted by Gasteiger charge is 2.32. The van der Waals surface area contributed by atoms with Gasteiger partial charge in [-0.15, -0.1) is 0 Å². The van der Waals surface area contributed by atoms with Gasteiger partial charge in [0.15, 0.2) is 0 Å². The summed E-state index contributed by atoms with van der Waals surface area (Å²) in [6, 6.07) is 4.55. The largest absolute Gasteiger partial charge is 0.478 e. The number of aromatic carboxylic acids is 1. The molecule has 0 atom stereocenters. The molecule has 1 aromatic carbocycles. The number of aryl methyl sites for hydroxylation is 1. The summed E-state index contributed by atoms with van der Waals surface area (Å²) in [6.45, 7) is 1.57.